The molecule has 0 spiro atoms. The topological polar surface area (TPSA) is 49.8 Å². The summed E-state index contributed by atoms with van der Waals surface area (Å²) in [4.78, 5) is 8.17. The van der Waals surface area contributed by atoms with Crippen LogP contribution in [0, 0.1) is 5.82 Å². The highest BCUT2D eigenvalue weighted by molar-refractivity contribution is 6.30. The molecule has 0 aliphatic heterocycles. The molecule has 0 unspecified atom stereocenters. The van der Waals surface area contributed by atoms with Crippen LogP contribution in [0.2, 0.25) is 5.02 Å². The van der Waals surface area contributed by atoms with Crippen LogP contribution < -0.4 is 10.6 Å². The maximum Gasteiger partial charge on any atom is 0.135 e. The summed E-state index contributed by atoms with van der Waals surface area (Å²) in [5.41, 5.74) is 0.546. The minimum absolute atomic E-state index is 0.334. The third kappa shape index (κ3) is 4.06. The molecule has 0 aliphatic rings. The van der Waals surface area contributed by atoms with Crippen molar-refractivity contribution in [1.29, 1.82) is 0 Å². The predicted molar refractivity (Wildman–Crippen MR) is 75.5 cm³/mol. The number of nitrogens with one attached hydrogen (secondary N) is 2. The zero-order valence-corrected chi connectivity index (χ0v) is 11.2. The fourth-order valence-corrected chi connectivity index (χ4v) is 1.77. The van der Waals surface area contributed by atoms with E-state index in [4.69, 9.17) is 11.6 Å². The van der Waals surface area contributed by atoms with E-state index in [1.807, 2.05) is 0 Å². The van der Waals surface area contributed by atoms with Gasteiger partial charge in [-0.05, 0) is 24.6 Å². The Morgan fingerprint density at radius 2 is 1.95 bits per heavy atom. The van der Waals surface area contributed by atoms with Crippen LogP contribution in [0.1, 0.15) is 13.3 Å². The van der Waals surface area contributed by atoms with Gasteiger partial charge < -0.3 is 10.6 Å². The average Bonchev–Trinajstić information content (AvgIpc) is 2.35. The standard InChI is InChI=1S/C13H14ClFN4/c1-2-3-16-12-7-13(18-8-17-12)19-11-5-9(14)4-10(15)6-11/h4-8H,2-3H2,1H3,(H2,16,17,18,19). The first kappa shape index (κ1) is 13.5. The van der Waals surface area contributed by atoms with Gasteiger partial charge in [0.05, 0.1) is 0 Å². The molecule has 1 aromatic carbocycles. The van der Waals surface area contributed by atoms with E-state index < -0.39 is 5.82 Å². The number of nitrogens with zero attached hydrogens (tertiary/aromatic N) is 2. The molecule has 0 bridgehead atoms. The lowest BCUT2D eigenvalue weighted by molar-refractivity contribution is 0.628. The van der Waals surface area contributed by atoms with E-state index in [1.165, 1.54) is 18.5 Å². The van der Waals surface area contributed by atoms with Gasteiger partial charge in [0.15, 0.2) is 0 Å². The van der Waals surface area contributed by atoms with Crippen molar-refractivity contribution in [1.82, 2.24) is 9.97 Å². The van der Waals surface area contributed by atoms with Crippen molar-refractivity contribution in [2.75, 3.05) is 17.2 Å². The van der Waals surface area contributed by atoms with Gasteiger partial charge in [-0.15, -0.1) is 0 Å². The number of rotatable bonds is 5. The second kappa shape index (κ2) is 6.33. The van der Waals surface area contributed by atoms with Gasteiger partial charge >= 0.3 is 0 Å². The number of halogens is 2. The second-order valence-electron chi connectivity index (χ2n) is 4.00. The summed E-state index contributed by atoms with van der Waals surface area (Å²) in [6.45, 7) is 2.91. The minimum Gasteiger partial charge on any atom is -0.370 e. The van der Waals surface area contributed by atoms with Crippen LogP contribution in [0.3, 0.4) is 0 Å². The second-order valence-corrected chi connectivity index (χ2v) is 4.43. The molecule has 4 nitrogen and oxygen atoms in total. The molecule has 2 aromatic rings. The van der Waals surface area contributed by atoms with Crippen LogP contribution >= 0.6 is 11.6 Å². The number of hydrogen-bond acceptors (Lipinski definition) is 4. The summed E-state index contributed by atoms with van der Waals surface area (Å²) in [5, 5.41) is 6.47. The van der Waals surface area contributed by atoms with Crippen LogP contribution in [0.15, 0.2) is 30.6 Å². The Hall–Kier alpha value is -1.88. The Balaban J connectivity index is 2.13. The number of anilines is 3. The molecule has 2 N–H and O–H groups in total. The molecule has 0 aliphatic carbocycles. The van der Waals surface area contributed by atoms with E-state index in [1.54, 1.807) is 12.1 Å². The maximum absolute atomic E-state index is 13.2. The summed E-state index contributed by atoms with van der Waals surface area (Å²) in [6, 6.07) is 5.99. The fraction of sp³-hybridized carbons (Fsp3) is 0.231. The van der Waals surface area contributed by atoms with Crippen LogP contribution in [-0.4, -0.2) is 16.5 Å². The monoisotopic (exact) mass is 280 g/mol. The average molecular weight is 281 g/mol. The van der Waals surface area contributed by atoms with Crippen LogP contribution in [0.5, 0.6) is 0 Å². The van der Waals surface area contributed by atoms with Gasteiger partial charge in [0.1, 0.15) is 23.8 Å². The number of benzene rings is 1. The number of hydrogen-bond donors (Lipinski definition) is 2. The summed E-state index contributed by atoms with van der Waals surface area (Å²) < 4.78 is 13.2. The van der Waals surface area contributed by atoms with Crippen molar-refractivity contribution in [3.63, 3.8) is 0 Å². The normalized spacial score (nSPS) is 10.3. The lowest BCUT2D eigenvalue weighted by Crippen LogP contribution is -2.03. The zero-order valence-electron chi connectivity index (χ0n) is 10.5. The van der Waals surface area contributed by atoms with Gasteiger partial charge in [0, 0.05) is 23.3 Å². The van der Waals surface area contributed by atoms with Gasteiger partial charge in [-0.3, -0.25) is 0 Å². The highest BCUT2D eigenvalue weighted by Gasteiger charge is 2.02. The Labute approximate surface area is 116 Å². The van der Waals surface area contributed by atoms with Gasteiger partial charge in [0.2, 0.25) is 0 Å². The van der Waals surface area contributed by atoms with Crippen molar-refractivity contribution in [2.45, 2.75) is 13.3 Å². The molecule has 0 radical (unpaired) electrons. The van der Waals surface area contributed by atoms with Crippen molar-refractivity contribution in [3.8, 4) is 0 Å². The van der Waals surface area contributed by atoms with E-state index >= 15 is 0 Å². The highest BCUT2D eigenvalue weighted by Crippen LogP contribution is 2.21. The van der Waals surface area contributed by atoms with Crippen LogP contribution in [0.4, 0.5) is 21.7 Å². The van der Waals surface area contributed by atoms with E-state index in [-0.39, 0.29) is 0 Å². The number of aromatic nitrogens is 2. The third-order valence-electron chi connectivity index (χ3n) is 2.36. The lowest BCUT2D eigenvalue weighted by Gasteiger charge is -2.08. The maximum atomic E-state index is 13.2. The summed E-state index contributed by atoms with van der Waals surface area (Å²) in [6.07, 6.45) is 2.45. The lowest BCUT2D eigenvalue weighted by atomic mass is 10.3. The molecule has 0 fully saturated rings. The van der Waals surface area contributed by atoms with E-state index in [9.17, 15) is 4.39 Å². The fourth-order valence-electron chi connectivity index (χ4n) is 1.55. The largest absolute Gasteiger partial charge is 0.370 e. The van der Waals surface area contributed by atoms with Crippen molar-refractivity contribution < 1.29 is 4.39 Å². The molecular weight excluding hydrogens is 267 g/mol. The van der Waals surface area contributed by atoms with Crippen molar-refractivity contribution in [3.05, 3.63) is 41.4 Å². The molecule has 0 saturated carbocycles. The molecule has 19 heavy (non-hydrogen) atoms. The first-order valence-corrected chi connectivity index (χ1v) is 6.34. The van der Waals surface area contributed by atoms with E-state index in [2.05, 4.69) is 27.5 Å². The Morgan fingerprint density at radius 3 is 2.68 bits per heavy atom. The Morgan fingerprint density at radius 1 is 1.16 bits per heavy atom. The molecule has 1 aromatic heterocycles. The Kier molecular flexibility index (Phi) is 4.52. The first-order valence-electron chi connectivity index (χ1n) is 5.96. The van der Waals surface area contributed by atoms with Gasteiger partial charge in [-0.2, -0.15) is 0 Å². The van der Waals surface area contributed by atoms with E-state index in [0.29, 0.717) is 16.5 Å². The first-order chi connectivity index (χ1) is 9.17. The van der Waals surface area contributed by atoms with Crippen LogP contribution in [0.25, 0.3) is 0 Å². The van der Waals surface area contributed by atoms with Crippen molar-refractivity contribution >= 4 is 28.9 Å². The summed E-state index contributed by atoms with van der Waals surface area (Å²) in [7, 11) is 0. The minimum atomic E-state index is -0.395. The van der Waals surface area contributed by atoms with Crippen molar-refractivity contribution in [2.24, 2.45) is 0 Å². The Bertz CT molecular complexity index is 542. The molecule has 2 rings (SSSR count). The molecule has 1 heterocycles. The summed E-state index contributed by atoms with van der Waals surface area (Å²) in [5.74, 6) is 0.908. The SMILES string of the molecule is CCCNc1cc(Nc2cc(F)cc(Cl)c2)ncn1. The van der Waals surface area contributed by atoms with Crippen LogP contribution in [-0.2, 0) is 0 Å². The molecular formula is C13H14ClFN4. The van der Waals surface area contributed by atoms with Gasteiger partial charge in [-0.1, -0.05) is 18.5 Å². The highest BCUT2D eigenvalue weighted by atomic mass is 35.5. The van der Waals surface area contributed by atoms with Gasteiger partial charge in [0.25, 0.3) is 0 Å². The molecule has 0 amide bonds. The van der Waals surface area contributed by atoms with E-state index in [0.717, 1.165) is 18.8 Å². The molecule has 6 heteroatoms. The smallest absolute Gasteiger partial charge is 0.135 e. The van der Waals surface area contributed by atoms with Gasteiger partial charge in [-0.25, -0.2) is 14.4 Å². The quantitative estimate of drug-likeness (QED) is 0.874. The molecule has 0 atom stereocenters. The molecule has 100 valence electrons. The zero-order chi connectivity index (χ0) is 13.7. The third-order valence-corrected chi connectivity index (χ3v) is 2.58. The molecule has 0 saturated heterocycles. The predicted octanol–water partition coefficient (Wildman–Crippen LogP) is 3.83. The summed E-state index contributed by atoms with van der Waals surface area (Å²) >= 11 is 5.79.